The van der Waals surface area contributed by atoms with Gasteiger partial charge in [0.05, 0.1) is 21.3 Å². The van der Waals surface area contributed by atoms with Crippen molar-refractivity contribution in [2.24, 2.45) is 0 Å². The number of pyridine rings is 1. The van der Waals surface area contributed by atoms with Crippen LogP contribution in [-0.2, 0) is 11.0 Å². The zero-order chi connectivity index (χ0) is 25.6. The molecule has 0 radical (unpaired) electrons. The van der Waals surface area contributed by atoms with Crippen LogP contribution in [0.1, 0.15) is 41.8 Å². The van der Waals surface area contributed by atoms with Gasteiger partial charge in [-0.1, -0.05) is 0 Å². The van der Waals surface area contributed by atoms with Crippen LogP contribution in [0.5, 0.6) is 17.2 Å². The van der Waals surface area contributed by atoms with Gasteiger partial charge in [-0.15, -0.1) is 5.10 Å². The van der Waals surface area contributed by atoms with Gasteiger partial charge in [-0.2, -0.15) is 18.2 Å². The summed E-state index contributed by atoms with van der Waals surface area (Å²) in [7, 11) is 4.50. The van der Waals surface area contributed by atoms with Crippen LogP contribution in [0.25, 0.3) is 0 Å². The van der Waals surface area contributed by atoms with Gasteiger partial charge < -0.3 is 19.5 Å². The van der Waals surface area contributed by atoms with Crippen LogP contribution in [0.3, 0.4) is 0 Å². The summed E-state index contributed by atoms with van der Waals surface area (Å²) in [4.78, 5) is 21.2. The molecule has 1 N–H and O–H groups in total. The van der Waals surface area contributed by atoms with Crippen molar-refractivity contribution < 1.29 is 32.2 Å². The van der Waals surface area contributed by atoms with E-state index in [4.69, 9.17) is 14.2 Å². The number of nitrogens with zero attached hydrogens (tertiary/aromatic N) is 4. The van der Waals surface area contributed by atoms with Crippen LogP contribution < -0.4 is 19.5 Å². The number of anilines is 1. The molecule has 2 aromatic heterocycles. The Morgan fingerprint density at radius 2 is 1.67 bits per heavy atom. The lowest BCUT2D eigenvalue weighted by Gasteiger charge is -2.35. The summed E-state index contributed by atoms with van der Waals surface area (Å²) in [5.41, 5.74) is 2.21. The quantitative estimate of drug-likeness (QED) is 0.557. The maximum atomic E-state index is 13.6. The minimum Gasteiger partial charge on any atom is -0.493 e. The van der Waals surface area contributed by atoms with Gasteiger partial charge in [-0.25, -0.2) is 4.68 Å². The number of fused-ring (bicyclic) bond motifs is 1. The van der Waals surface area contributed by atoms with Crippen molar-refractivity contribution in [1.82, 2.24) is 19.7 Å². The van der Waals surface area contributed by atoms with E-state index in [2.05, 4.69) is 20.4 Å². The Bertz CT molecular complexity index is 1330. The lowest BCUT2D eigenvalue weighted by atomic mass is 9.78. The number of aromatic nitrogens is 4. The molecule has 1 aliphatic heterocycles. The van der Waals surface area contributed by atoms with Gasteiger partial charge in [0, 0.05) is 30.1 Å². The second-order valence-electron chi connectivity index (χ2n) is 8.39. The summed E-state index contributed by atoms with van der Waals surface area (Å²) < 4.78 is 57.7. The van der Waals surface area contributed by atoms with Crippen molar-refractivity contribution >= 4 is 11.7 Å². The van der Waals surface area contributed by atoms with Gasteiger partial charge in [-0.05, 0) is 47.7 Å². The van der Waals surface area contributed by atoms with Crippen LogP contribution in [0, 0.1) is 0 Å². The Kier molecular flexibility index (Phi) is 5.81. The Hall–Kier alpha value is -4.09. The standard InChI is InChI=1S/C24H22F3N5O4/c1-34-17-10-14(11-18(35-2)21(17)36-3)13-8-15-19(16(33)9-13)20(12-4-6-28-7-5-12)32-23(29-15)30-22(31-32)24(25,26)27/h4-7,10-11,13,20H,8-9H2,1-3H3,(H,29,30,31)/t13-,20-/m0/s1. The molecule has 9 nitrogen and oxygen atoms in total. The Labute approximate surface area is 203 Å². The number of ether oxygens (including phenoxy) is 3. The lowest BCUT2D eigenvalue weighted by Crippen LogP contribution is -2.33. The zero-order valence-electron chi connectivity index (χ0n) is 19.6. The largest absolute Gasteiger partial charge is 0.493 e. The molecule has 0 saturated heterocycles. The van der Waals surface area contributed by atoms with Gasteiger partial charge in [0.2, 0.25) is 11.7 Å². The van der Waals surface area contributed by atoms with Crippen LogP contribution in [-0.4, -0.2) is 46.9 Å². The number of benzene rings is 1. The van der Waals surface area contributed by atoms with Gasteiger partial charge in [0.15, 0.2) is 17.3 Å². The topological polar surface area (TPSA) is 100 Å². The molecule has 0 amide bonds. The summed E-state index contributed by atoms with van der Waals surface area (Å²) in [6, 6.07) is 5.99. The Morgan fingerprint density at radius 1 is 1.00 bits per heavy atom. The third-order valence-corrected chi connectivity index (χ3v) is 6.35. The molecule has 3 heterocycles. The minimum absolute atomic E-state index is 0.0822. The third-order valence-electron chi connectivity index (χ3n) is 6.35. The first-order valence-electron chi connectivity index (χ1n) is 11.0. The molecule has 3 aromatic rings. The number of Topliss-reactive ketones (excluding diaryl/α,β-unsaturated/α-hetero) is 1. The van der Waals surface area contributed by atoms with Gasteiger partial charge >= 0.3 is 6.18 Å². The summed E-state index contributed by atoms with van der Waals surface area (Å²) in [5.74, 6) is -0.545. The normalized spacial score (nSPS) is 19.3. The second kappa shape index (κ2) is 8.85. The Morgan fingerprint density at radius 3 is 2.25 bits per heavy atom. The molecule has 0 spiro atoms. The fourth-order valence-corrected chi connectivity index (χ4v) is 4.76. The molecule has 0 fully saturated rings. The first kappa shape index (κ1) is 23.6. The van der Waals surface area contributed by atoms with E-state index < -0.39 is 18.0 Å². The van der Waals surface area contributed by atoms with Crippen molar-refractivity contribution in [3.05, 3.63) is 64.9 Å². The predicted molar refractivity (Wildman–Crippen MR) is 121 cm³/mol. The fourth-order valence-electron chi connectivity index (χ4n) is 4.76. The predicted octanol–water partition coefficient (Wildman–Crippen LogP) is 4.13. The number of hydrogen-bond donors (Lipinski definition) is 1. The van der Waals surface area contributed by atoms with Crippen molar-refractivity contribution in [1.29, 1.82) is 0 Å². The highest BCUT2D eigenvalue weighted by Gasteiger charge is 2.43. The monoisotopic (exact) mass is 501 g/mol. The first-order chi connectivity index (χ1) is 17.2. The molecule has 2 aliphatic rings. The maximum absolute atomic E-state index is 13.6. The van der Waals surface area contributed by atoms with E-state index in [0.717, 1.165) is 10.2 Å². The van der Waals surface area contributed by atoms with Gasteiger partial charge in [-0.3, -0.25) is 9.78 Å². The van der Waals surface area contributed by atoms with Crippen LogP contribution >= 0.6 is 0 Å². The first-order valence-corrected chi connectivity index (χ1v) is 11.0. The molecule has 0 saturated carbocycles. The second-order valence-corrected chi connectivity index (χ2v) is 8.39. The summed E-state index contributed by atoms with van der Waals surface area (Å²) in [5, 5.41) is 6.66. The highest BCUT2D eigenvalue weighted by molar-refractivity contribution is 6.00. The minimum atomic E-state index is -4.74. The maximum Gasteiger partial charge on any atom is 0.453 e. The number of halogens is 3. The van der Waals surface area contributed by atoms with E-state index in [1.54, 1.807) is 24.3 Å². The lowest BCUT2D eigenvalue weighted by molar-refractivity contribution is -0.145. The molecule has 36 heavy (non-hydrogen) atoms. The number of nitrogens with one attached hydrogen (secondary N) is 1. The summed E-state index contributed by atoms with van der Waals surface area (Å²) >= 11 is 0. The molecule has 5 rings (SSSR count). The van der Waals surface area contributed by atoms with Gasteiger partial charge in [0.1, 0.15) is 6.04 Å². The van der Waals surface area contributed by atoms with E-state index in [0.29, 0.717) is 40.5 Å². The number of carbonyl (C=O) groups is 1. The number of hydrogen-bond acceptors (Lipinski definition) is 8. The smallest absolute Gasteiger partial charge is 0.453 e. The van der Waals surface area contributed by atoms with E-state index >= 15 is 0 Å². The van der Waals surface area contributed by atoms with Crippen LogP contribution in [0.4, 0.5) is 19.1 Å². The van der Waals surface area contributed by atoms with E-state index in [-0.39, 0.29) is 24.1 Å². The van der Waals surface area contributed by atoms with Crippen molar-refractivity contribution in [2.45, 2.75) is 31.0 Å². The fraction of sp³-hybridized carbons (Fsp3) is 0.333. The van der Waals surface area contributed by atoms with Crippen molar-refractivity contribution in [2.75, 3.05) is 26.6 Å². The number of alkyl halides is 3. The molecule has 0 bridgehead atoms. The third kappa shape index (κ3) is 3.91. The van der Waals surface area contributed by atoms with Crippen molar-refractivity contribution in [3.63, 3.8) is 0 Å². The van der Waals surface area contributed by atoms with Gasteiger partial charge in [0.25, 0.3) is 5.82 Å². The molecule has 1 aliphatic carbocycles. The summed E-state index contributed by atoms with van der Waals surface area (Å²) in [6.07, 6.45) is -1.21. The molecule has 188 valence electrons. The molecule has 2 atom stereocenters. The number of rotatable bonds is 5. The number of allylic oxidation sites excluding steroid dienone is 2. The number of carbonyl (C=O) groups excluding carboxylic acids is 1. The molecule has 12 heteroatoms. The van der Waals surface area contributed by atoms with Crippen molar-refractivity contribution in [3.8, 4) is 17.2 Å². The molecular formula is C24H22F3N5O4. The number of ketones is 1. The molecule has 1 aromatic carbocycles. The van der Waals surface area contributed by atoms with Crippen LogP contribution in [0.15, 0.2) is 47.9 Å². The Balaban J connectivity index is 1.60. The zero-order valence-corrected chi connectivity index (χ0v) is 19.6. The SMILES string of the molecule is COc1cc([C@@H]2CC(=O)C3=C(C2)Nc2nc(C(F)(F)F)nn2[C@H]3c2ccncc2)cc(OC)c1OC. The highest BCUT2D eigenvalue weighted by atomic mass is 19.4. The van der Waals surface area contributed by atoms with E-state index in [9.17, 15) is 18.0 Å². The highest BCUT2D eigenvalue weighted by Crippen LogP contribution is 2.47. The van der Waals surface area contributed by atoms with E-state index in [1.165, 1.54) is 33.7 Å². The molecule has 0 unspecified atom stereocenters. The number of methoxy groups -OCH3 is 3. The average molecular weight is 501 g/mol. The van der Waals surface area contributed by atoms with E-state index in [1.807, 2.05) is 0 Å². The molecular weight excluding hydrogens is 479 g/mol. The average Bonchev–Trinajstić information content (AvgIpc) is 3.31. The van der Waals surface area contributed by atoms with Crippen LogP contribution in [0.2, 0.25) is 0 Å². The summed E-state index contributed by atoms with van der Waals surface area (Å²) in [6.45, 7) is 0.